The fraction of sp³-hybridized carbons (Fsp3) is 0.444. The van der Waals surface area contributed by atoms with Crippen LogP contribution in [0.2, 0.25) is 0 Å². The number of sulfone groups is 1. The van der Waals surface area contributed by atoms with Gasteiger partial charge in [-0.15, -0.1) is 10.2 Å². The maximum atomic E-state index is 11.5. The van der Waals surface area contributed by atoms with Gasteiger partial charge < -0.3 is 14.7 Å². The van der Waals surface area contributed by atoms with E-state index in [9.17, 15) is 18.5 Å². The summed E-state index contributed by atoms with van der Waals surface area (Å²) in [6, 6.07) is 0. The van der Waals surface area contributed by atoms with Gasteiger partial charge in [-0.3, -0.25) is 0 Å². The molecule has 0 bridgehead atoms. The molecule has 0 spiro atoms. The molecule has 10 nitrogen and oxygen atoms in total. The highest BCUT2D eigenvalue weighted by Crippen LogP contribution is 2.16. The molecule has 2 rings (SSSR count). The van der Waals surface area contributed by atoms with Crippen LogP contribution in [-0.2, 0) is 23.4 Å². The van der Waals surface area contributed by atoms with E-state index in [0.29, 0.717) is 5.82 Å². The summed E-state index contributed by atoms with van der Waals surface area (Å²) < 4.78 is 25.5. The molecule has 0 amide bonds. The summed E-state index contributed by atoms with van der Waals surface area (Å²) >= 11 is 0. The zero-order chi connectivity index (χ0) is 15.1. The number of nitro groups is 1. The van der Waals surface area contributed by atoms with Crippen LogP contribution < -0.4 is 0 Å². The van der Waals surface area contributed by atoms with Gasteiger partial charge in [0.05, 0.1) is 0 Å². The Hall–Kier alpha value is -2.30. The molecule has 0 aliphatic carbocycles. The third kappa shape index (κ3) is 2.39. The van der Waals surface area contributed by atoms with Crippen molar-refractivity contribution in [3.8, 4) is 0 Å². The minimum atomic E-state index is -3.50. The smallest absolute Gasteiger partial charge is 0.343 e. The van der Waals surface area contributed by atoms with E-state index in [1.54, 1.807) is 6.92 Å². The summed E-state index contributed by atoms with van der Waals surface area (Å²) in [5.41, 5.74) is 0. The third-order valence-electron chi connectivity index (χ3n) is 2.78. The van der Waals surface area contributed by atoms with Crippen LogP contribution in [0.1, 0.15) is 11.6 Å². The molecule has 2 heterocycles. The molecule has 0 aromatic carbocycles. The summed E-state index contributed by atoms with van der Waals surface area (Å²) in [7, 11) is -2.01. The molecular formula is C9H12N6O4S. The second-order valence-electron chi connectivity index (χ2n) is 4.24. The van der Waals surface area contributed by atoms with Gasteiger partial charge in [-0.05, 0) is 4.92 Å². The zero-order valence-electron chi connectivity index (χ0n) is 11.0. The molecule has 0 N–H and O–H groups in total. The van der Waals surface area contributed by atoms with Crippen LogP contribution in [0.15, 0.2) is 11.4 Å². The van der Waals surface area contributed by atoms with Crippen molar-refractivity contribution in [3.05, 3.63) is 28.0 Å². The van der Waals surface area contributed by atoms with E-state index < -0.39 is 14.8 Å². The average molecular weight is 300 g/mol. The molecule has 2 aromatic rings. The Morgan fingerprint density at radius 1 is 1.40 bits per heavy atom. The van der Waals surface area contributed by atoms with Crippen molar-refractivity contribution in [2.24, 2.45) is 7.05 Å². The molecule has 2 aromatic heterocycles. The zero-order valence-corrected chi connectivity index (χ0v) is 11.8. The number of hydrogen-bond donors (Lipinski definition) is 0. The number of rotatable bonds is 4. The molecule has 0 saturated heterocycles. The lowest BCUT2D eigenvalue weighted by Crippen LogP contribution is -2.12. The van der Waals surface area contributed by atoms with Crippen LogP contribution in [0, 0.1) is 17.0 Å². The SMILES string of the molecule is Cc1ncc([N+](=O)[O-])n1Cc1nnc(S(C)(=O)=O)n1C. The first-order chi connectivity index (χ1) is 9.21. The van der Waals surface area contributed by atoms with Crippen LogP contribution in [0.5, 0.6) is 0 Å². The first kappa shape index (κ1) is 14.1. The Labute approximate surface area is 114 Å². The lowest BCUT2D eigenvalue weighted by molar-refractivity contribution is -0.392. The second-order valence-corrected chi connectivity index (χ2v) is 6.15. The maximum absolute atomic E-state index is 11.5. The van der Waals surface area contributed by atoms with Gasteiger partial charge in [0.25, 0.3) is 0 Å². The highest BCUT2D eigenvalue weighted by molar-refractivity contribution is 7.90. The van der Waals surface area contributed by atoms with E-state index in [-0.39, 0.29) is 23.3 Å². The molecule has 0 fully saturated rings. The topological polar surface area (TPSA) is 126 Å². The molecule has 0 saturated carbocycles. The Morgan fingerprint density at radius 3 is 2.55 bits per heavy atom. The van der Waals surface area contributed by atoms with Crippen LogP contribution in [0.4, 0.5) is 5.82 Å². The lowest BCUT2D eigenvalue weighted by atomic mass is 10.5. The van der Waals surface area contributed by atoms with Crippen molar-refractivity contribution < 1.29 is 13.3 Å². The number of nitrogens with zero attached hydrogens (tertiary/aromatic N) is 6. The fourth-order valence-electron chi connectivity index (χ4n) is 1.74. The van der Waals surface area contributed by atoms with Crippen molar-refractivity contribution in [2.45, 2.75) is 18.6 Å². The Bertz CT molecular complexity index is 774. The first-order valence-electron chi connectivity index (χ1n) is 5.46. The molecule has 0 atom stereocenters. The summed E-state index contributed by atoms with van der Waals surface area (Å²) in [6.45, 7) is 1.63. The number of imidazole rings is 1. The Balaban J connectivity index is 2.44. The summed E-state index contributed by atoms with van der Waals surface area (Å²) in [5.74, 6) is 0.529. The molecule has 11 heteroatoms. The van der Waals surface area contributed by atoms with Gasteiger partial charge in [-0.2, -0.15) is 0 Å². The lowest BCUT2D eigenvalue weighted by Gasteiger charge is -2.03. The predicted molar refractivity (Wildman–Crippen MR) is 66.8 cm³/mol. The van der Waals surface area contributed by atoms with Crippen LogP contribution >= 0.6 is 0 Å². The maximum Gasteiger partial charge on any atom is 0.343 e. The minimum absolute atomic E-state index is 0.0150. The van der Waals surface area contributed by atoms with Gasteiger partial charge in [-0.1, -0.05) is 0 Å². The van der Waals surface area contributed by atoms with E-state index in [1.165, 1.54) is 16.2 Å². The van der Waals surface area contributed by atoms with E-state index in [1.807, 2.05) is 0 Å². The van der Waals surface area contributed by atoms with Gasteiger partial charge >= 0.3 is 5.82 Å². The van der Waals surface area contributed by atoms with Gasteiger partial charge in [-0.25, -0.2) is 18.0 Å². The van der Waals surface area contributed by atoms with Crippen molar-refractivity contribution in [2.75, 3.05) is 6.26 Å². The summed E-state index contributed by atoms with van der Waals surface area (Å²) in [4.78, 5) is 14.2. The monoisotopic (exact) mass is 300 g/mol. The van der Waals surface area contributed by atoms with Crippen molar-refractivity contribution in [3.63, 3.8) is 0 Å². The highest BCUT2D eigenvalue weighted by atomic mass is 32.2. The molecule has 0 radical (unpaired) electrons. The second kappa shape index (κ2) is 4.67. The third-order valence-corrected chi connectivity index (χ3v) is 3.80. The molecule has 0 aliphatic heterocycles. The quantitative estimate of drug-likeness (QED) is 0.559. The molecule has 0 aliphatic rings. The summed E-state index contributed by atoms with van der Waals surface area (Å²) in [6.07, 6.45) is 2.16. The molecular weight excluding hydrogens is 288 g/mol. The highest BCUT2D eigenvalue weighted by Gasteiger charge is 2.23. The van der Waals surface area contributed by atoms with Crippen molar-refractivity contribution >= 4 is 15.7 Å². The van der Waals surface area contributed by atoms with Crippen LogP contribution in [-0.4, -0.2) is 43.9 Å². The minimum Gasteiger partial charge on any atom is -0.358 e. The predicted octanol–water partition coefficient (Wildman–Crippen LogP) is -0.320. The normalized spacial score (nSPS) is 11.8. The van der Waals surface area contributed by atoms with Gasteiger partial charge in [0.15, 0.2) is 18.2 Å². The number of aryl methyl sites for hydroxylation is 1. The molecule has 20 heavy (non-hydrogen) atoms. The van der Waals surface area contributed by atoms with Gasteiger partial charge in [0.2, 0.25) is 15.0 Å². The van der Waals surface area contributed by atoms with Gasteiger partial charge in [0.1, 0.15) is 6.20 Å². The number of aromatic nitrogens is 5. The van der Waals surface area contributed by atoms with Crippen LogP contribution in [0.25, 0.3) is 0 Å². The van der Waals surface area contributed by atoms with Crippen molar-refractivity contribution in [1.29, 1.82) is 0 Å². The fourth-order valence-corrected chi connectivity index (χ4v) is 2.54. The van der Waals surface area contributed by atoms with Gasteiger partial charge in [0, 0.05) is 20.2 Å². The summed E-state index contributed by atoms with van der Waals surface area (Å²) in [5, 5.41) is 18.0. The van der Waals surface area contributed by atoms with Crippen LogP contribution in [0.3, 0.4) is 0 Å². The van der Waals surface area contributed by atoms with Crippen molar-refractivity contribution in [1.82, 2.24) is 24.3 Å². The molecule has 108 valence electrons. The largest absolute Gasteiger partial charge is 0.358 e. The first-order valence-corrected chi connectivity index (χ1v) is 7.35. The van der Waals surface area contributed by atoms with E-state index in [2.05, 4.69) is 15.2 Å². The van der Waals surface area contributed by atoms with E-state index >= 15 is 0 Å². The Morgan fingerprint density at radius 2 is 2.05 bits per heavy atom. The average Bonchev–Trinajstić information content (AvgIpc) is 2.84. The number of hydrogen-bond acceptors (Lipinski definition) is 7. The molecule has 0 unspecified atom stereocenters. The standard InChI is InChI=1S/C9H12N6O4S/c1-6-10-4-8(15(16)17)14(6)5-7-11-12-9(13(7)2)20(3,18)19/h4H,5H2,1-3H3. The van der Waals surface area contributed by atoms with E-state index in [4.69, 9.17) is 0 Å². The van der Waals surface area contributed by atoms with E-state index in [0.717, 1.165) is 12.5 Å². The Kier molecular flexibility index (Phi) is 3.29.